The highest BCUT2D eigenvalue weighted by Gasteiger charge is 2.33. The van der Waals surface area contributed by atoms with Crippen LogP contribution in [0.4, 0.5) is 5.69 Å². The molecule has 0 aliphatic heterocycles. The number of rotatable bonds is 4. The van der Waals surface area contributed by atoms with Crippen molar-refractivity contribution in [3.8, 4) is 5.88 Å². The first-order valence-electron chi connectivity index (χ1n) is 5.18. The van der Waals surface area contributed by atoms with E-state index in [2.05, 4.69) is 10.3 Å². The van der Waals surface area contributed by atoms with Crippen LogP contribution >= 0.6 is 0 Å². The molecule has 4 nitrogen and oxygen atoms in total. The molecule has 15 heavy (non-hydrogen) atoms. The van der Waals surface area contributed by atoms with Gasteiger partial charge in [-0.3, -0.25) is 0 Å². The van der Waals surface area contributed by atoms with E-state index >= 15 is 0 Å². The van der Waals surface area contributed by atoms with E-state index in [0.717, 1.165) is 24.9 Å². The van der Waals surface area contributed by atoms with E-state index in [-0.39, 0.29) is 0 Å². The average molecular weight is 208 g/mol. The summed E-state index contributed by atoms with van der Waals surface area (Å²) in [5.74, 6) is 0.584. The Morgan fingerprint density at radius 2 is 2.40 bits per heavy atom. The van der Waals surface area contributed by atoms with E-state index in [0.29, 0.717) is 12.4 Å². The smallest absolute Gasteiger partial charge is 0.214 e. The lowest BCUT2D eigenvalue weighted by atomic mass is 9.80. The first kappa shape index (κ1) is 10.2. The quantitative estimate of drug-likeness (QED) is 0.785. The lowest BCUT2D eigenvalue weighted by Crippen LogP contribution is -2.43. The van der Waals surface area contributed by atoms with E-state index in [1.54, 1.807) is 13.3 Å². The molecular weight excluding hydrogens is 192 g/mol. The zero-order valence-electron chi connectivity index (χ0n) is 8.86. The van der Waals surface area contributed by atoms with E-state index in [1.807, 2.05) is 12.1 Å². The van der Waals surface area contributed by atoms with Gasteiger partial charge in [0.15, 0.2) is 0 Å². The van der Waals surface area contributed by atoms with Crippen molar-refractivity contribution in [1.29, 1.82) is 0 Å². The molecule has 82 valence electrons. The second-order valence-electron chi connectivity index (χ2n) is 4.02. The molecule has 0 amide bonds. The standard InChI is InChI=1S/C11H16N2O2/c1-15-10-7-9(3-6-12-10)13-8-11(14)4-2-5-11/h3,6-7,14H,2,4-5,8H2,1H3,(H,12,13). The SMILES string of the molecule is COc1cc(NCC2(O)CCC2)ccn1. The lowest BCUT2D eigenvalue weighted by molar-refractivity contribution is -0.0202. The fourth-order valence-corrected chi connectivity index (χ4v) is 1.66. The predicted molar refractivity (Wildman–Crippen MR) is 58.1 cm³/mol. The highest BCUT2D eigenvalue weighted by molar-refractivity contribution is 5.45. The number of methoxy groups -OCH3 is 1. The van der Waals surface area contributed by atoms with Gasteiger partial charge in [0.25, 0.3) is 0 Å². The Kier molecular flexibility index (Phi) is 2.77. The van der Waals surface area contributed by atoms with Gasteiger partial charge in [-0.25, -0.2) is 4.98 Å². The van der Waals surface area contributed by atoms with Crippen molar-refractivity contribution in [2.45, 2.75) is 24.9 Å². The maximum Gasteiger partial charge on any atom is 0.214 e. The summed E-state index contributed by atoms with van der Waals surface area (Å²) in [6, 6.07) is 3.69. The van der Waals surface area contributed by atoms with Crippen molar-refractivity contribution in [2.24, 2.45) is 0 Å². The van der Waals surface area contributed by atoms with Gasteiger partial charge in [0.1, 0.15) is 0 Å². The Balaban J connectivity index is 1.92. The summed E-state index contributed by atoms with van der Waals surface area (Å²) in [7, 11) is 1.59. The molecule has 1 aromatic heterocycles. The molecule has 2 rings (SSSR count). The summed E-state index contributed by atoms with van der Waals surface area (Å²) in [4.78, 5) is 4.01. The third kappa shape index (κ3) is 2.39. The molecule has 0 atom stereocenters. The summed E-state index contributed by atoms with van der Waals surface area (Å²) in [6.45, 7) is 0.597. The molecule has 1 fully saturated rings. The highest BCUT2D eigenvalue weighted by Crippen LogP contribution is 2.31. The fraction of sp³-hybridized carbons (Fsp3) is 0.545. The molecule has 0 unspecified atom stereocenters. The number of pyridine rings is 1. The molecule has 1 heterocycles. The third-order valence-corrected chi connectivity index (χ3v) is 2.85. The molecule has 0 radical (unpaired) electrons. The van der Waals surface area contributed by atoms with Crippen LogP contribution in [0, 0.1) is 0 Å². The van der Waals surface area contributed by atoms with Gasteiger partial charge in [0, 0.05) is 24.5 Å². The zero-order valence-corrected chi connectivity index (χ0v) is 8.86. The Morgan fingerprint density at radius 3 is 3.00 bits per heavy atom. The maximum atomic E-state index is 9.89. The third-order valence-electron chi connectivity index (χ3n) is 2.85. The van der Waals surface area contributed by atoms with Gasteiger partial charge in [-0.05, 0) is 25.3 Å². The van der Waals surface area contributed by atoms with E-state index in [4.69, 9.17) is 4.74 Å². The summed E-state index contributed by atoms with van der Waals surface area (Å²) >= 11 is 0. The van der Waals surface area contributed by atoms with Gasteiger partial charge in [-0.1, -0.05) is 0 Å². The van der Waals surface area contributed by atoms with E-state index in [9.17, 15) is 5.11 Å². The van der Waals surface area contributed by atoms with Gasteiger partial charge >= 0.3 is 0 Å². The van der Waals surface area contributed by atoms with Crippen LogP contribution in [0.5, 0.6) is 5.88 Å². The molecule has 1 saturated carbocycles. The zero-order chi connectivity index (χ0) is 10.7. The van der Waals surface area contributed by atoms with Crippen molar-refractivity contribution < 1.29 is 9.84 Å². The molecule has 2 N–H and O–H groups in total. The average Bonchev–Trinajstić information content (AvgIpc) is 2.24. The normalized spacial score (nSPS) is 18.0. The van der Waals surface area contributed by atoms with Crippen LogP contribution in [0.1, 0.15) is 19.3 Å². The van der Waals surface area contributed by atoms with Crippen molar-refractivity contribution in [3.05, 3.63) is 18.3 Å². The number of nitrogens with one attached hydrogen (secondary N) is 1. The number of hydrogen-bond donors (Lipinski definition) is 2. The second-order valence-corrected chi connectivity index (χ2v) is 4.02. The Labute approximate surface area is 89.3 Å². The number of hydrogen-bond acceptors (Lipinski definition) is 4. The first-order chi connectivity index (χ1) is 7.22. The summed E-state index contributed by atoms with van der Waals surface area (Å²) in [5, 5.41) is 13.1. The van der Waals surface area contributed by atoms with E-state index in [1.165, 1.54) is 0 Å². The van der Waals surface area contributed by atoms with Crippen LogP contribution < -0.4 is 10.1 Å². The number of anilines is 1. The minimum Gasteiger partial charge on any atom is -0.481 e. The fourth-order valence-electron chi connectivity index (χ4n) is 1.66. The van der Waals surface area contributed by atoms with Gasteiger partial charge in [0.05, 0.1) is 12.7 Å². The minimum atomic E-state index is -0.503. The Morgan fingerprint density at radius 1 is 1.60 bits per heavy atom. The van der Waals surface area contributed by atoms with Crippen LogP contribution in [0.3, 0.4) is 0 Å². The molecule has 1 aliphatic rings. The number of nitrogens with zero attached hydrogens (tertiary/aromatic N) is 1. The van der Waals surface area contributed by atoms with Crippen LogP contribution in [0.15, 0.2) is 18.3 Å². The topological polar surface area (TPSA) is 54.4 Å². The Bertz CT molecular complexity index is 337. The van der Waals surface area contributed by atoms with Crippen molar-refractivity contribution in [1.82, 2.24) is 4.98 Å². The van der Waals surface area contributed by atoms with Gasteiger partial charge in [-0.2, -0.15) is 0 Å². The first-order valence-corrected chi connectivity index (χ1v) is 5.18. The van der Waals surface area contributed by atoms with Crippen molar-refractivity contribution in [2.75, 3.05) is 19.0 Å². The second kappa shape index (κ2) is 4.06. The molecule has 0 bridgehead atoms. The summed E-state index contributed by atoms with van der Waals surface area (Å²) in [6.07, 6.45) is 4.59. The molecular formula is C11H16N2O2. The number of aliphatic hydroxyl groups is 1. The number of aromatic nitrogens is 1. The molecule has 0 aromatic carbocycles. The van der Waals surface area contributed by atoms with Crippen LogP contribution in [-0.2, 0) is 0 Å². The molecule has 1 aliphatic carbocycles. The number of ether oxygens (including phenoxy) is 1. The van der Waals surface area contributed by atoms with Gasteiger partial charge in [0.2, 0.25) is 5.88 Å². The van der Waals surface area contributed by atoms with Crippen LogP contribution in [-0.4, -0.2) is 29.3 Å². The molecule has 4 heteroatoms. The molecule has 0 spiro atoms. The lowest BCUT2D eigenvalue weighted by Gasteiger charge is -2.36. The van der Waals surface area contributed by atoms with Crippen molar-refractivity contribution >= 4 is 5.69 Å². The predicted octanol–water partition coefficient (Wildman–Crippen LogP) is 1.42. The monoisotopic (exact) mass is 208 g/mol. The minimum absolute atomic E-state index is 0.503. The van der Waals surface area contributed by atoms with Crippen LogP contribution in [0.25, 0.3) is 0 Å². The molecule has 0 saturated heterocycles. The van der Waals surface area contributed by atoms with Gasteiger partial charge < -0.3 is 15.2 Å². The maximum absolute atomic E-state index is 9.89. The molecule has 1 aromatic rings. The van der Waals surface area contributed by atoms with E-state index < -0.39 is 5.60 Å². The highest BCUT2D eigenvalue weighted by atomic mass is 16.5. The van der Waals surface area contributed by atoms with Gasteiger partial charge in [-0.15, -0.1) is 0 Å². The largest absolute Gasteiger partial charge is 0.481 e. The Hall–Kier alpha value is -1.29. The summed E-state index contributed by atoms with van der Waals surface area (Å²) in [5.41, 5.74) is 0.429. The van der Waals surface area contributed by atoms with Crippen LogP contribution in [0.2, 0.25) is 0 Å². The van der Waals surface area contributed by atoms with Crippen molar-refractivity contribution in [3.63, 3.8) is 0 Å². The summed E-state index contributed by atoms with van der Waals surface area (Å²) < 4.78 is 5.01.